The highest BCUT2D eigenvalue weighted by Gasteiger charge is 2.10. The highest BCUT2D eigenvalue weighted by atomic mass is 16.5. The number of hydrogen-bond donors (Lipinski definition) is 1. The van der Waals surface area contributed by atoms with Crippen LogP contribution in [0.1, 0.15) is 12.0 Å². The molecular formula is C13H12O5. The zero-order chi connectivity index (χ0) is 13.1. The van der Waals surface area contributed by atoms with Crippen LogP contribution in [0.25, 0.3) is 11.0 Å². The molecule has 0 aliphatic heterocycles. The molecule has 0 saturated heterocycles. The van der Waals surface area contributed by atoms with Gasteiger partial charge in [-0.3, -0.25) is 4.79 Å². The molecule has 5 nitrogen and oxygen atoms in total. The summed E-state index contributed by atoms with van der Waals surface area (Å²) in [6.45, 7) is 0. The van der Waals surface area contributed by atoms with Gasteiger partial charge in [-0.25, -0.2) is 4.79 Å². The molecule has 2 aromatic rings. The Morgan fingerprint density at radius 1 is 1.44 bits per heavy atom. The molecule has 0 fully saturated rings. The molecule has 0 aliphatic carbocycles. The molecule has 94 valence electrons. The van der Waals surface area contributed by atoms with Crippen molar-refractivity contribution < 1.29 is 19.1 Å². The van der Waals surface area contributed by atoms with Crippen LogP contribution in [0.5, 0.6) is 5.75 Å². The number of carboxylic acid groups (broad SMARTS) is 1. The van der Waals surface area contributed by atoms with E-state index in [1.165, 1.54) is 7.11 Å². The van der Waals surface area contributed by atoms with Gasteiger partial charge in [-0.1, -0.05) is 12.1 Å². The van der Waals surface area contributed by atoms with Gasteiger partial charge in [0.25, 0.3) is 0 Å². The van der Waals surface area contributed by atoms with Crippen LogP contribution in [0.3, 0.4) is 0 Å². The lowest BCUT2D eigenvalue weighted by molar-refractivity contribution is -0.136. The maximum Gasteiger partial charge on any atom is 0.339 e. The number of methoxy groups -OCH3 is 1. The van der Waals surface area contributed by atoms with Crippen LogP contribution < -0.4 is 10.4 Å². The van der Waals surface area contributed by atoms with Gasteiger partial charge in [0, 0.05) is 17.4 Å². The number of carboxylic acids is 1. The molecule has 0 aliphatic rings. The third-order valence-electron chi connectivity index (χ3n) is 2.62. The van der Waals surface area contributed by atoms with Crippen molar-refractivity contribution in [1.29, 1.82) is 0 Å². The molecule has 2 rings (SSSR count). The number of fused-ring (bicyclic) bond motifs is 1. The molecule has 0 bridgehead atoms. The molecule has 1 aromatic heterocycles. The lowest BCUT2D eigenvalue weighted by Gasteiger charge is -2.05. The van der Waals surface area contributed by atoms with Gasteiger partial charge in [-0.05, 0) is 18.6 Å². The second kappa shape index (κ2) is 4.91. The quantitative estimate of drug-likeness (QED) is 0.835. The molecule has 0 atom stereocenters. The Kier molecular flexibility index (Phi) is 3.32. The van der Waals surface area contributed by atoms with Crippen molar-refractivity contribution in [3.63, 3.8) is 0 Å². The molecule has 0 amide bonds. The number of aryl methyl sites for hydroxylation is 1. The van der Waals surface area contributed by atoms with Gasteiger partial charge in [-0.2, -0.15) is 0 Å². The molecule has 1 heterocycles. The number of aliphatic carboxylic acids is 1. The molecule has 0 saturated carbocycles. The average Bonchev–Trinajstić information content (AvgIpc) is 2.35. The van der Waals surface area contributed by atoms with Gasteiger partial charge >= 0.3 is 11.6 Å². The van der Waals surface area contributed by atoms with Crippen molar-refractivity contribution in [3.05, 3.63) is 40.2 Å². The van der Waals surface area contributed by atoms with E-state index in [2.05, 4.69) is 0 Å². The van der Waals surface area contributed by atoms with Gasteiger partial charge in [0.15, 0.2) is 11.3 Å². The minimum atomic E-state index is -0.944. The van der Waals surface area contributed by atoms with E-state index in [-0.39, 0.29) is 12.8 Å². The van der Waals surface area contributed by atoms with Crippen molar-refractivity contribution in [2.24, 2.45) is 0 Å². The summed E-state index contributed by atoms with van der Waals surface area (Å²) in [6, 6.07) is 6.90. The molecule has 0 unspecified atom stereocenters. The summed E-state index contributed by atoms with van der Waals surface area (Å²) in [7, 11) is 1.49. The van der Waals surface area contributed by atoms with E-state index >= 15 is 0 Å². The van der Waals surface area contributed by atoms with Gasteiger partial charge in [0.05, 0.1) is 7.11 Å². The second-order valence-electron chi connectivity index (χ2n) is 3.83. The Hall–Kier alpha value is -2.30. The van der Waals surface area contributed by atoms with E-state index in [0.717, 1.165) is 0 Å². The lowest BCUT2D eigenvalue weighted by atomic mass is 10.1. The minimum Gasteiger partial charge on any atom is -0.493 e. The van der Waals surface area contributed by atoms with Gasteiger partial charge in [-0.15, -0.1) is 0 Å². The van der Waals surface area contributed by atoms with Crippen LogP contribution in [-0.2, 0) is 11.2 Å². The van der Waals surface area contributed by atoms with E-state index in [0.29, 0.717) is 22.3 Å². The Morgan fingerprint density at radius 3 is 2.89 bits per heavy atom. The van der Waals surface area contributed by atoms with Crippen LogP contribution in [0, 0.1) is 0 Å². The first-order valence-corrected chi connectivity index (χ1v) is 5.43. The van der Waals surface area contributed by atoms with E-state index < -0.39 is 11.6 Å². The Labute approximate surface area is 103 Å². The average molecular weight is 248 g/mol. The molecule has 0 radical (unpaired) electrons. The van der Waals surface area contributed by atoms with Crippen LogP contribution in [0.15, 0.2) is 33.5 Å². The summed E-state index contributed by atoms with van der Waals surface area (Å²) in [6.07, 6.45) is 0.0606. The normalized spacial score (nSPS) is 10.5. The molecule has 1 aromatic carbocycles. The predicted octanol–water partition coefficient (Wildman–Crippen LogP) is 1.82. The Balaban J connectivity index is 2.49. The van der Waals surface area contributed by atoms with E-state index in [1.54, 1.807) is 24.3 Å². The third-order valence-corrected chi connectivity index (χ3v) is 2.62. The zero-order valence-electron chi connectivity index (χ0n) is 9.80. The van der Waals surface area contributed by atoms with E-state index in [4.69, 9.17) is 14.3 Å². The summed E-state index contributed by atoms with van der Waals surface area (Å²) in [5.41, 5.74) is 0.218. The monoisotopic (exact) mass is 248 g/mol. The van der Waals surface area contributed by atoms with Crippen molar-refractivity contribution in [1.82, 2.24) is 0 Å². The van der Waals surface area contributed by atoms with E-state index in [1.807, 2.05) is 0 Å². The van der Waals surface area contributed by atoms with Gasteiger partial charge in [0.2, 0.25) is 0 Å². The SMILES string of the molecule is COc1cccc2cc(CCC(=O)O)c(=O)oc12. The van der Waals surface area contributed by atoms with Gasteiger partial charge < -0.3 is 14.3 Å². The summed E-state index contributed by atoms with van der Waals surface area (Å²) in [4.78, 5) is 22.2. The van der Waals surface area contributed by atoms with E-state index in [9.17, 15) is 9.59 Å². The first-order valence-electron chi connectivity index (χ1n) is 5.43. The first-order chi connectivity index (χ1) is 8.61. The highest BCUT2D eigenvalue weighted by Crippen LogP contribution is 2.24. The second-order valence-corrected chi connectivity index (χ2v) is 3.83. The van der Waals surface area contributed by atoms with Crippen molar-refractivity contribution in [2.45, 2.75) is 12.8 Å². The fourth-order valence-electron chi connectivity index (χ4n) is 1.74. The lowest BCUT2D eigenvalue weighted by Crippen LogP contribution is -2.09. The standard InChI is InChI=1S/C13H12O5/c1-17-10-4-2-3-8-7-9(5-6-11(14)15)13(16)18-12(8)10/h2-4,7H,5-6H2,1H3,(H,14,15). The molecule has 0 spiro atoms. The summed E-state index contributed by atoms with van der Waals surface area (Å²) >= 11 is 0. The van der Waals surface area contributed by atoms with Crippen LogP contribution in [-0.4, -0.2) is 18.2 Å². The largest absolute Gasteiger partial charge is 0.493 e. The maximum absolute atomic E-state index is 11.7. The van der Waals surface area contributed by atoms with Crippen LogP contribution >= 0.6 is 0 Å². The smallest absolute Gasteiger partial charge is 0.339 e. The third kappa shape index (κ3) is 2.34. The zero-order valence-corrected chi connectivity index (χ0v) is 9.80. The number of carbonyl (C=O) groups is 1. The Bertz CT molecular complexity index is 641. The maximum atomic E-state index is 11.7. The van der Waals surface area contributed by atoms with Crippen LogP contribution in [0.2, 0.25) is 0 Å². The number of benzene rings is 1. The fraction of sp³-hybridized carbons (Fsp3) is 0.231. The first kappa shape index (κ1) is 12.2. The predicted molar refractivity (Wildman–Crippen MR) is 65.0 cm³/mol. The minimum absolute atomic E-state index is 0.0970. The highest BCUT2D eigenvalue weighted by molar-refractivity contribution is 5.82. The summed E-state index contributed by atoms with van der Waals surface area (Å²) in [5, 5.41) is 9.33. The molecule has 18 heavy (non-hydrogen) atoms. The summed E-state index contributed by atoms with van der Waals surface area (Å²) < 4.78 is 10.3. The number of hydrogen-bond acceptors (Lipinski definition) is 4. The summed E-state index contributed by atoms with van der Waals surface area (Å²) in [5.74, 6) is -0.463. The number of para-hydroxylation sites is 1. The van der Waals surface area contributed by atoms with Crippen molar-refractivity contribution in [2.75, 3.05) is 7.11 Å². The fourth-order valence-corrected chi connectivity index (χ4v) is 1.74. The number of rotatable bonds is 4. The molecule has 1 N–H and O–H groups in total. The molecular weight excluding hydrogens is 236 g/mol. The number of ether oxygens (including phenoxy) is 1. The van der Waals surface area contributed by atoms with Crippen LogP contribution in [0.4, 0.5) is 0 Å². The molecule has 5 heteroatoms. The topological polar surface area (TPSA) is 76.7 Å². The Morgan fingerprint density at radius 2 is 2.22 bits per heavy atom. The van der Waals surface area contributed by atoms with Crippen molar-refractivity contribution >= 4 is 16.9 Å². The van der Waals surface area contributed by atoms with Gasteiger partial charge in [0.1, 0.15) is 0 Å². The van der Waals surface area contributed by atoms with Crippen molar-refractivity contribution in [3.8, 4) is 5.75 Å².